The summed E-state index contributed by atoms with van der Waals surface area (Å²) in [4.78, 5) is 15.8. The fraction of sp³-hybridized carbons (Fsp3) is 0.125. The third-order valence-electron chi connectivity index (χ3n) is 3.30. The first-order valence-electron chi connectivity index (χ1n) is 6.35. The lowest BCUT2D eigenvalue weighted by atomic mass is 10.0. The third-order valence-corrected chi connectivity index (χ3v) is 3.30. The Morgan fingerprint density at radius 3 is 2.60 bits per heavy atom. The van der Waals surface area contributed by atoms with Crippen LogP contribution in [0.25, 0.3) is 0 Å². The van der Waals surface area contributed by atoms with Gasteiger partial charge in [0.25, 0.3) is 0 Å². The van der Waals surface area contributed by atoms with Crippen molar-refractivity contribution in [2.75, 3.05) is 7.11 Å². The quantitative estimate of drug-likeness (QED) is 0.869. The number of methoxy groups -OCH3 is 1. The number of aldehydes is 1. The van der Waals surface area contributed by atoms with Gasteiger partial charge in [-0.05, 0) is 30.3 Å². The molecule has 1 heterocycles. The summed E-state index contributed by atoms with van der Waals surface area (Å²) in [5, 5.41) is 3.15. The number of nitrogens with one attached hydrogen (secondary N) is 1. The fourth-order valence-corrected chi connectivity index (χ4v) is 2.23. The zero-order chi connectivity index (χ0) is 13.9. The van der Waals surface area contributed by atoms with E-state index >= 15 is 0 Å². The highest BCUT2D eigenvalue weighted by atomic mass is 16.5. The molecule has 0 amide bonds. The second-order valence-electron chi connectivity index (χ2n) is 4.51. The summed E-state index contributed by atoms with van der Waals surface area (Å²) in [7, 11) is 1.63. The van der Waals surface area contributed by atoms with Gasteiger partial charge in [0.2, 0.25) is 0 Å². The fourth-order valence-electron chi connectivity index (χ4n) is 2.23. The SMILES string of the molecule is COc1ccc(C2=Nc3ccccc3C(C=O)N2)cc1. The minimum atomic E-state index is -0.360. The topological polar surface area (TPSA) is 50.7 Å². The molecule has 1 aliphatic heterocycles. The van der Waals surface area contributed by atoms with E-state index in [0.29, 0.717) is 5.84 Å². The van der Waals surface area contributed by atoms with Gasteiger partial charge in [-0.25, -0.2) is 4.99 Å². The number of carbonyl (C=O) groups is 1. The third kappa shape index (κ3) is 2.16. The first-order chi connectivity index (χ1) is 9.81. The lowest BCUT2D eigenvalue weighted by Crippen LogP contribution is -2.32. The lowest BCUT2D eigenvalue weighted by Gasteiger charge is -2.23. The van der Waals surface area contributed by atoms with E-state index in [4.69, 9.17) is 4.74 Å². The Morgan fingerprint density at radius 2 is 1.90 bits per heavy atom. The second kappa shape index (κ2) is 5.17. The molecule has 1 N–H and O–H groups in total. The molecule has 1 aliphatic rings. The van der Waals surface area contributed by atoms with E-state index in [1.54, 1.807) is 7.11 Å². The van der Waals surface area contributed by atoms with Gasteiger partial charge in [0.15, 0.2) is 0 Å². The van der Waals surface area contributed by atoms with Crippen molar-refractivity contribution in [2.24, 2.45) is 4.99 Å². The van der Waals surface area contributed by atoms with E-state index in [2.05, 4.69) is 10.3 Å². The van der Waals surface area contributed by atoms with Crippen LogP contribution in [-0.4, -0.2) is 19.2 Å². The van der Waals surface area contributed by atoms with Crippen LogP contribution in [0, 0.1) is 0 Å². The van der Waals surface area contributed by atoms with Crippen LogP contribution in [0.1, 0.15) is 17.2 Å². The van der Waals surface area contributed by atoms with Crippen LogP contribution >= 0.6 is 0 Å². The molecule has 0 bridgehead atoms. The molecule has 0 saturated carbocycles. The molecule has 2 aromatic rings. The average Bonchev–Trinajstić information content (AvgIpc) is 2.54. The molecule has 0 spiro atoms. The van der Waals surface area contributed by atoms with Crippen molar-refractivity contribution < 1.29 is 9.53 Å². The lowest BCUT2D eigenvalue weighted by molar-refractivity contribution is -0.109. The predicted molar refractivity (Wildman–Crippen MR) is 77.6 cm³/mol. The van der Waals surface area contributed by atoms with E-state index in [1.807, 2.05) is 48.5 Å². The maximum Gasteiger partial charge on any atom is 0.146 e. The van der Waals surface area contributed by atoms with Crippen molar-refractivity contribution in [2.45, 2.75) is 6.04 Å². The number of carbonyl (C=O) groups excluding carboxylic acids is 1. The number of hydrogen-bond acceptors (Lipinski definition) is 4. The molecule has 1 unspecified atom stereocenters. The summed E-state index contributed by atoms with van der Waals surface area (Å²) in [6.07, 6.45) is 0.900. The van der Waals surface area contributed by atoms with Gasteiger partial charge < -0.3 is 14.8 Å². The zero-order valence-corrected chi connectivity index (χ0v) is 11.0. The molecular formula is C16H14N2O2. The van der Waals surface area contributed by atoms with Crippen LogP contribution in [0.4, 0.5) is 5.69 Å². The molecule has 4 nitrogen and oxygen atoms in total. The Morgan fingerprint density at radius 1 is 1.15 bits per heavy atom. The Bertz CT molecular complexity index is 662. The van der Waals surface area contributed by atoms with Gasteiger partial charge >= 0.3 is 0 Å². The number of nitrogens with zero attached hydrogens (tertiary/aromatic N) is 1. The molecule has 100 valence electrons. The number of hydrogen-bond donors (Lipinski definition) is 1. The predicted octanol–water partition coefficient (Wildman–Crippen LogP) is 2.62. The van der Waals surface area contributed by atoms with Crippen molar-refractivity contribution >= 4 is 17.8 Å². The number of ether oxygens (including phenoxy) is 1. The molecule has 0 aliphatic carbocycles. The van der Waals surface area contributed by atoms with Gasteiger partial charge in [-0.1, -0.05) is 18.2 Å². The molecule has 0 fully saturated rings. The normalized spacial score (nSPS) is 16.6. The molecule has 1 atom stereocenters. The first kappa shape index (κ1) is 12.4. The number of aliphatic imine (C=N–C) groups is 1. The first-order valence-corrected chi connectivity index (χ1v) is 6.35. The molecule has 4 heteroatoms. The summed E-state index contributed by atoms with van der Waals surface area (Å²) in [6, 6.07) is 14.9. The summed E-state index contributed by atoms with van der Waals surface area (Å²) in [6.45, 7) is 0. The second-order valence-corrected chi connectivity index (χ2v) is 4.51. The van der Waals surface area contributed by atoms with Gasteiger partial charge in [0, 0.05) is 11.1 Å². The van der Waals surface area contributed by atoms with Crippen molar-refractivity contribution in [1.82, 2.24) is 5.32 Å². The number of benzene rings is 2. The Kier molecular flexibility index (Phi) is 3.21. The number of para-hydroxylation sites is 1. The highest BCUT2D eigenvalue weighted by molar-refractivity contribution is 6.03. The van der Waals surface area contributed by atoms with Crippen LogP contribution in [0.3, 0.4) is 0 Å². The largest absolute Gasteiger partial charge is 0.497 e. The summed E-state index contributed by atoms with van der Waals surface area (Å²) >= 11 is 0. The van der Waals surface area contributed by atoms with Crippen LogP contribution in [0.2, 0.25) is 0 Å². The highest BCUT2D eigenvalue weighted by Gasteiger charge is 2.21. The van der Waals surface area contributed by atoms with Gasteiger partial charge in [0.1, 0.15) is 23.9 Å². The van der Waals surface area contributed by atoms with E-state index < -0.39 is 0 Å². The molecule has 20 heavy (non-hydrogen) atoms. The van der Waals surface area contributed by atoms with E-state index in [9.17, 15) is 4.79 Å². The summed E-state index contributed by atoms with van der Waals surface area (Å²) < 4.78 is 5.14. The van der Waals surface area contributed by atoms with Gasteiger partial charge in [-0.3, -0.25) is 0 Å². The van der Waals surface area contributed by atoms with Crippen LogP contribution in [0.15, 0.2) is 53.5 Å². The van der Waals surface area contributed by atoms with Crippen molar-refractivity contribution in [3.05, 3.63) is 59.7 Å². The van der Waals surface area contributed by atoms with Crippen molar-refractivity contribution in [1.29, 1.82) is 0 Å². The number of amidine groups is 1. The Balaban J connectivity index is 2.02. The van der Waals surface area contributed by atoms with Crippen molar-refractivity contribution in [3.8, 4) is 5.75 Å². The Labute approximate surface area is 117 Å². The maximum atomic E-state index is 11.3. The van der Waals surface area contributed by atoms with E-state index in [-0.39, 0.29) is 6.04 Å². The van der Waals surface area contributed by atoms with E-state index in [0.717, 1.165) is 28.8 Å². The van der Waals surface area contributed by atoms with Gasteiger partial charge in [-0.15, -0.1) is 0 Å². The van der Waals surface area contributed by atoms with Crippen LogP contribution < -0.4 is 10.1 Å². The van der Waals surface area contributed by atoms with Gasteiger partial charge in [-0.2, -0.15) is 0 Å². The summed E-state index contributed by atoms with van der Waals surface area (Å²) in [5.41, 5.74) is 2.65. The van der Waals surface area contributed by atoms with Crippen LogP contribution in [0.5, 0.6) is 5.75 Å². The smallest absolute Gasteiger partial charge is 0.146 e. The van der Waals surface area contributed by atoms with Crippen LogP contribution in [-0.2, 0) is 4.79 Å². The minimum Gasteiger partial charge on any atom is -0.497 e. The number of rotatable bonds is 3. The molecule has 2 aromatic carbocycles. The molecule has 0 radical (unpaired) electrons. The number of fused-ring (bicyclic) bond motifs is 1. The zero-order valence-electron chi connectivity index (χ0n) is 11.0. The summed E-state index contributed by atoms with van der Waals surface area (Å²) in [5.74, 6) is 1.49. The molecule has 3 rings (SSSR count). The average molecular weight is 266 g/mol. The Hall–Kier alpha value is -2.62. The standard InChI is InChI=1S/C16H14N2O2/c1-20-12-8-6-11(7-9-12)16-17-14-5-3-2-4-13(14)15(10-19)18-16/h2-10,15H,1H3,(H,17,18). The highest BCUT2D eigenvalue weighted by Crippen LogP contribution is 2.29. The van der Waals surface area contributed by atoms with Gasteiger partial charge in [0.05, 0.1) is 12.8 Å². The monoisotopic (exact) mass is 266 g/mol. The minimum absolute atomic E-state index is 0.360. The van der Waals surface area contributed by atoms with E-state index in [1.165, 1.54) is 0 Å². The molecular weight excluding hydrogens is 252 g/mol. The van der Waals surface area contributed by atoms with Crippen molar-refractivity contribution in [3.63, 3.8) is 0 Å². The molecule has 0 saturated heterocycles. The molecule has 0 aromatic heterocycles. The maximum absolute atomic E-state index is 11.3.